The smallest absolute Gasteiger partial charge is 0.331 e. The number of amides is 2. The molecule has 1 aliphatic heterocycles. The number of carbonyl (C=O) groups excluding carboxylic acids is 2. The Labute approximate surface area is 203 Å². The van der Waals surface area contributed by atoms with Crippen molar-refractivity contribution in [2.24, 2.45) is 0 Å². The fourth-order valence-electron chi connectivity index (χ4n) is 4.32. The van der Waals surface area contributed by atoms with Crippen molar-refractivity contribution in [3.05, 3.63) is 102 Å². The first-order chi connectivity index (χ1) is 16.9. The van der Waals surface area contributed by atoms with Gasteiger partial charge in [-0.25, -0.2) is 9.58 Å². The van der Waals surface area contributed by atoms with Gasteiger partial charge in [-0.2, -0.15) is 9.67 Å². The second-order valence-electron chi connectivity index (χ2n) is 8.52. The van der Waals surface area contributed by atoms with E-state index >= 15 is 0 Å². The summed E-state index contributed by atoms with van der Waals surface area (Å²) in [5.41, 5.74) is 3.80. The number of hydrogen-bond donors (Lipinski definition) is 0. The van der Waals surface area contributed by atoms with Crippen LogP contribution in [0.4, 0.5) is 5.69 Å². The van der Waals surface area contributed by atoms with Gasteiger partial charge in [0.05, 0.1) is 17.1 Å². The predicted octanol–water partition coefficient (Wildman–Crippen LogP) is 3.35. The lowest BCUT2D eigenvalue weighted by atomic mass is 10.0. The molecule has 0 bridgehead atoms. The fourth-order valence-corrected chi connectivity index (χ4v) is 4.32. The maximum atomic E-state index is 13.9. The minimum atomic E-state index is -0.539. The highest BCUT2D eigenvalue weighted by Crippen LogP contribution is 2.38. The number of pyridine rings is 1. The average Bonchev–Trinajstić information content (AvgIpc) is 3.32. The maximum absolute atomic E-state index is 13.9. The summed E-state index contributed by atoms with van der Waals surface area (Å²) in [5, 5.41) is 18.2. The zero-order valence-electron chi connectivity index (χ0n) is 19.7. The van der Waals surface area contributed by atoms with Crippen LogP contribution in [0.3, 0.4) is 0 Å². The number of carbonyl (C=O) groups is 2. The number of aromatic nitrogens is 3. The molecule has 0 saturated carbocycles. The van der Waals surface area contributed by atoms with Gasteiger partial charge in [-0.1, -0.05) is 37.3 Å². The largest absolute Gasteiger partial charge is 0.858 e. The molecule has 2 aromatic heterocycles. The Balaban J connectivity index is 1.77. The van der Waals surface area contributed by atoms with Gasteiger partial charge in [0.1, 0.15) is 5.57 Å². The third kappa shape index (κ3) is 3.71. The van der Waals surface area contributed by atoms with E-state index in [4.69, 9.17) is 0 Å². The highest BCUT2D eigenvalue weighted by molar-refractivity contribution is 6.53. The summed E-state index contributed by atoms with van der Waals surface area (Å²) in [6, 6.07) is 19.9. The molecule has 0 atom stereocenters. The molecule has 7 nitrogen and oxygen atoms in total. The first kappa shape index (κ1) is 22.3. The molecular formula is C28H24N4O3. The van der Waals surface area contributed by atoms with Crippen molar-refractivity contribution in [1.82, 2.24) is 9.78 Å². The van der Waals surface area contributed by atoms with E-state index in [1.807, 2.05) is 57.2 Å². The summed E-state index contributed by atoms with van der Waals surface area (Å²) >= 11 is 0. The number of para-hydroxylation sites is 1. The number of benzene rings is 2. The minimum Gasteiger partial charge on any atom is -0.858 e. The Morgan fingerprint density at radius 1 is 0.857 bits per heavy atom. The molecule has 0 saturated heterocycles. The molecule has 4 aromatic rings. The van der Waals surface area contributed by atoms with Gasteiger partial charge < -0.3 is 5.11 Å². The van der Waals surface area contributed by atoms with Crippen LogP contribution < -0.4 is 14.6 Å². The summed E-state index contributed by atoms with van der Waals surface area (Å²) in [6.45, 7) is 5.71. The molecule has 2 aromatic carbocycles. The highest BCUT2D eigenvalue weighted by Gasteiger charge is 2.47. The molecular weight excluding hydrogens is 440 g/mol. The Hall–Kier alpha value is -4.52. The second kappa shape index (κ2) is 8.68. The van der Waals surface area contributed by atoms with Gasteiger partial charge in [-0.15, -0.1) is 0 Å². The van der Waals surface area contributed by atoms with Crippen LogP contribution >= 0.6 is 0 Å². The predicted molar refractivity (Wildman–Crippen MR) is 131 cm³/mol. The molecule has 7 heteroatoms. The summed E-state index contributed by atoms with van der Waals surface area (Å²) in [5.74, 6) is -1.46. The zero-order valence-corrected chi connectivity index (χ0v) is 19.7. The van der Waals surface area contributed by atoms with E-state index in [0.717, 1.165) is 16.0 Å². The molecule has 0 unspecified atom stereocenters. The lowest BCUT2D eigenvalue weighted by Crippen LogP contribution is -2.39. The SMILES string of the molecule is CCc1nn(-c2ccccc2)c([O-])c1C1=C([n+]2ccc(C)cc2)C(=O)N(c2cccc(C)c2)C1=O. The van der Waals surface area contributed by atoms with Crippen LogP contribution in [-0.4, -0.2) is 21.6 Å². The third-order valence-electron chi connectivity index (χ3n) is 6.07. The van der Waals surface area contributed by atoms with Crippen LogP contribution in [-0.2, 0) is 16.0 Å². The van der Waals surface area contributed by atoms with Crippen LogP contribution in [0.15, 0.2) is 79.1 Å². The molecule has 174 valence electrons. The van der Waals surface area contributed by atoms with E-state index in [2.05, 4.69) is 5.10 Å². The number of anilines is 1. The molecule has 1 aliphatic rings. The standard InChI is InChI=1S/C28H24N4O3/c1-4-22-23(27(34)32(29-22)20-10-6-5-7-11-20)24-25(30-15-13-18(2)14-16-30)28(35)31(26(24)33)21-12-8-9-19(3)17-21/h5-17H,4H2,1-3H3. The van der Waals surface area contributed by atoms with Crippen LogP contribution in [0.5, 0.6) is 5.88 Å². The topological polar surface area (TPSA) is 82.1 Å². The Morgan fingerprint density at radius 2 is 1.54 bits per heavy atom. The zero-order chi connectivity index (χ0) is 24.7. The van der Waals surface area contributed by atoms with Gasteiger partial charge in [-0.3, -0.25) is 9.59 Å². The Morgan fingerprint density at radius 3 is 2.20 bits per heavy atom. The van der Waals surface area contributed by atoms with Crippen molar-refractivity contribution in [2.75, 3.05) is 4.90 Å². The van der Waals surface area contributed by atoms with Crippen molar-refractivity contribution in [1.29, 1.82) is 0 Å². The molecule has 0 spiro atoms. The highest BCUT2D eigenvalue weighted by atomic mass is 16.3. The molecule has 35 heavy (non-hydrogen) atoms. The van der Waals surface area contributed by atoms with E-state index in [0.29, 0.717) is 23.5 Å². The van der Waals surface area contributed by atoms with Crippen LogP contribution in [0.2, 0.25) is 0 Å². The Kier molecular flexibility index (Phi) is 5.53. The first-order valence-electron chi connectivity index (χ1n) is 11.4. The average molecular weight is 465 g/mol. The molecule has 2 amide bonds. The van der Waals surface area contributed by atoms with Crippen LogP contribution in [0.1, 0.15) is 29.3 Å². The normalized spacial score (nSPS) is 13.7. The van der Waals surface area contributed by atoms with Gasteiger partial charge in [0.15, 0.2) is 12.4 Å². The van der Waals surface area contributed by atoms with Crippen molar-refractivity contribution < 1.29 is 19.3 Å². The van der Waals surface area contributed by atoms with E-state index in [1.54, 1.807) is 47.3 Å². The maximum Gasteiger partial charge on any atom is 0.331 e. The van der Waals surface area contributed by atoms with Gasteiger partial charge in [0.2, 0.25) is 0 Å². The van der Waals surface area contributed by atoms with E-state index in [9.17, 15) is 14.7 Å². The van der Waals surface area contributed by atoms with Gasteiger partial charge >= 0.3 is 5.91 Å². The third-order valence-corrected chi connectivity index (χ3v) is 6.07. The van der Waals surface area contributed by atoms with Crippen molar-refractivity contribution in [2.45, 2.75) is 27.2 Å². The molecule has 0 aliphatic carbocycles. The second-order valence-corrected chi connectivity index (χ2v) is 8.52. The quantitative estimate of drug-likeness (QED) is 0.335. The summed E-state index contributed by atoms with van der Waals surface area (Å²) in [4.78, 5) is 28.8. The molecule has 0 fully saturated rings. The lowest BCUT2D eigenvalue weighted by molar-refractivity contribution is -0.576. The molecule has 0 N–H and O–H groups in total. The van der Waals surface area contributed by atoms with Gasteiger partial charge in [0, 0.05) is 17.7 Å². The van der Waals surface area contributed by atoms with E-state index in [-0.39, 0.29) is 16.8 Å². The number of imide groups is 1. The molecule has 3 heterocycles. The van der Waals surface area contributed by atoms with Crippen molar-refractivity contribution >= 4 is 28.8 Å². The molecule has 5 rings (SSSR count). The fraction of sp³-hybridized carbons (Fsp3) is 0.143. The number of aryl methyl sites for hydroxylation is 3. The summed E-state index contributed by atoms with van der Waals surface area (Å²) in [6.07, 6.45) is 3.88. The van der Waals surface area contributed by atoms with Crippen LogP contribution in [0, 0.1) is 13.8 Å². The number of nitrogens with zero attached hydrogens (tertiary/aromatic N) is 4. The minimum absolute atomic E-state index is 0.0643. The van der Waals surface area contributed by atoms with Crippen molar-refractivity contribution in [3.8, 4) is 11.6 Å². The van der Waals surface area contributed by atoms with Crippen molar-refractivity contribution in [3.63, 3.8) is 0 Å². The Bertz CT molecular complexity index is 1480. The first-order valence-corrected chi connectivity index (χ1v) is 11.4. The van der Waals surface area contributed by atoms with Gasteiger partial charge in [0.25, 0.3) is 11.6 Å². The van der Waals surface area contributed by atoms with Crippen LogP contribution in [0.25, 0.3) is 17.0 Å². The lowest BCUT2D eigenvalue weighted by Gasteiger charge is -2.16. The van der Waals surface area contributed by atoms with E-state index < -0.39 is 17.7 Å². The van der Waals surface area contributed by atoms with Gasteiger partial charge in [-0.05, 0) is 61.5 Å². The van der Waals surface area contributed by atoms with E-state index in [1.165, 1.54) is 4.68 Å². The summed E-state index contributed by atoms with van der Waals surface area (Å²) in [7, 11) is 0. The monoisotopic (exact) mass is 464 g/mol. The summed E-state index contributed by atoms with van der Waals surface area (Å²) < 4.78 is 2.91. The number of hydrogen-bond acceptors (Lipinski definition) is 4. The number of rotatable bonds is 5. The molecule has 0 radical (unpaired) electrons.